The lowest BCUT2D eigenvalue weighted by atomic mass is 9.86. The Bertz CT molecular complexity index is 965. The van der Waals surface area contributed by atoms with E-state index in [9.17, 15) is 9.59 Å². The monoisotopic (exact) mass is 423 g/mol. The largest absolute Gasteiger partial charge is 0.465 e. The van der Waals surface area contributed by atoms with Crippen LogP contribution in [0.15, 0.2) is 42.5 Å². The number of esters is 1. The third-order valence-electron chi connectivity index (χ3n) is 5.77. The number of methoxy groups -OCH3 is 2. The van der Waals surface area contributed by atoms with Gasteiger partial charge in [-0.25, -0.2) is 4.79 Å². The smallest absolute Gasteiger partial charge is 0.337 e. The van der Waals surface area contributed by atoms with E-state index in [-0.39, 0.29) is 23.8 Å². The Labute approximate surface area is 182 Å². The van der Waals surface area contributed by atoms with Crippen molar-refractivity contribution in [3.8, 4) is 11.1 Å². The van der Waals surface area contributed by atoms with Crippen LogP contribution in [0, 0.1) is 11.3 Å². The summed E-state index contributed by atoms with van der Waals surface area (Å²) in [5, 5.41) is 10.7. The first kappa shape index (κ1) is 22.5. The quantitative estimate of drug-likeness (QED) is 0.359. The van der Waals surface area contributed by atoms with Crippen LogP contribution >= 0.6 is 0 Å². The molecular weight excluding hydrogens is 394 g/mol. The summed E-state index contributed by atoms with van der Waals surface area (Å²) >= 11 is 0. The molecule has 4 N–H and O–H groups in total. The molecule has 0 spiro atoms. The number of hydrogen-bond donors (Lipinski definition) is 3. The minimum absolute atomic E-state index is 0.0121. The third kappa shape index (κ3) is 5.70. The number of nitrogens with two attached hydrogens (primary N) is 1. The molecule has 7 nitrogen and oxygen atoms in total. The lowest BCUT2D eigenvalue weighted by molar-refractivity contribution is -0.126. The first-order valence-electron chi connectivity index (χ1n) is 10.4. The van der Waals surface area contributed by atoms with Gasteiger partial charge in [0.1, 0.15) is 5.84 Å². The van der Waals surface area contributed by atoms with E-state index in [0.29, 0.717) is 17.7 Å². The molecule has 164 valence electrons. The van der Waals surface area contributed by atoms with Crippen LogP contribution in [0.2, 0.25) is 0 Å². The summed E-state index contributed by atoms with van der Waals surface area (Å²) in [6.45, 7) is 0.313. The predicted octanol–water partition coefficient (Wildman–Crippen LogP) is 3.25. The second kappa shape index (κ2) is 10.2. The second-order valence-corrected chi connectivity index (χ2v) is 7.83. The van der Waals surface area contributed by atoms with Crippen molar-refractivity contribution in [2.75, 3.05) is 14.2 Å². The van der Waals surface area contributed by atoms with Crippen LogP contribution in [0.5, 0.6) is 0 Å². The van der Waals surface area contributed by atoms with E-state index < -0.39 is 5.97 Å². The van der Waals surface area contributed by atoms with E-state index in [1.165, 1.54) is 7.11 Å². The summed E-state index contributed by atoms with van der Waals surface area (Å²) < 4.78 is 10.3. The van der Waals surface area contributed by atoms with E-state index in [4.69, 9.17) is 20.6 Å². The molecule has 0 aromatic heterocycles. The van der Waals surface area contributed by atoms with Crippen molar-refractivity contribution in [2.45, 2.75) is 38.3 Å². The lowest BCUT2D eigenvalue weighted by Crippen LogP contribution is -2.34. The molecular formula is C24H29N3O4. The van der Waals surface area contributed by atoms with E-state index >= 15 is 0 Å². The van der Waals surface area contributed by atoms with E-state index in [1.54, 1.807) is 31.4 Å². The Morgan fingerprint density at radius 3 is 2.39 bits per heavy atom. The number of ether oxygens (including phenoxy) is 2. The standard InChI is InChI=1S/C24H29N3O4/c1-30-21-8-6-16(7-9-21)23(28)27-14-15-10-19(13-20(11-15)24(29)31-2)17-4-3-5-18(12-17)22(25)26/h3-5,10-13,16,21H,6-9,14H2,1-2H3,(H3,25,26)(H,27,28). The lowest BCUT2D eigenvalue weighted by Gasteiger charge is -2.26. The normalized spacial score (nSPS) is 18.3. The number of benzene rings is 2. The molecule has 0 saturated heterocycles. The molecule has 0 bridgehead atoms. The number of hydrogen-bond acceptors (Lipinski definition) is 5. The summed E-state index contributed by atoms with van der Waals surface area (Å²) in [5.74, 6) is -0.461. The molecule has 3 rings (SSSR count). The van der Waals surface area contributed by atoms with Crippen molar-refractivity contribution in [1.82, 2.24) is 5.32 Å². The van der Waals surface area contributed by atoms with Crippen molar-refractivity contribution >= 4 is 17.7 Å². The highest BCUT2D eigenvalue weighted by Crippen LogP contribution is 2.27. The van der Waals surface area contributed by atoms with Gasteiger partial charge in [0.15, 0.2) is 0 Å². The van der Waals surface area contributed by atoms with Crippen LogP contribution in [0.4, 0.5) is 0 Å². The number of nitrogens with one attached hydrogen (secondary N) is 2. The summed E-state index contributed by atoms with van der Waals surface area (Å²) in [4.78, 5) is 24.8. The molecule has 0 heterocycles. The summed E-state index contributed by atoms with van der Waals surface area (Å²) in [5.41, 5.74) is 9.02. The Balaban J connectivity index is 1.79. The number of carbonyl (C=O) groups excluding carboxylic acids is 2. The molecule has 0 unspecified atom stereocenters. The van der Waals surface area contributed by atoms with Crippen LogP contribution in [0.3, 0.4) is 0 Å². The van der Waals surface area contributed by atoms with Gasteiger partial charge in [-0.3, -0.25) is 10.2 Å². The molecule has 0 radical (unpaired) electrons. The summed E-state index contributed by atoms with van der Waals surface area (Å²) in [6.07, 6.45) is 3.66. The first-order chi connectivity index (χ1) is 14.9. The third-order valence-corrected chi connectivity index (χ3v) is 5.77. The highest BCUT2D eigenvalue weighted by atomic mass is 16.5. The highest BCUT2D eigenvalue weighted by Gasteiger charge is 2.26. The van der Waals surface area contributed by atoms with E-state index in [1.807, 2.05) is 18.2 Å². The number of rotatable bonds is 7. The van der Waals surface area contributed by atoms with Crippen LogP contribution in [0.25, 0.3) is 11.1 Å². The van der Waals surface area contributed by atoms with Gasteiger partial charge < -0.3 is 20.5 Å². The zero-order valence-electron chi connectivity index (χ0n) is 17.9. The minimum atomic E-state index is -0.449. The topological polar surface area (TPSA) is 114 Å². The first-order valence-corrected chi connectivity index (χ1v) is 10.4. The van der Waals surface area contributed by atoms with Gasteiger partial charge in [0.25, 0.3) is 0 Å². The van der Waals surface area contributed by atoms with Crippen molar-refractivity contribution in [1.29, 1.82) is 5.41 Å². The van der Waals surface area contributed by atoms with Gasteiger partial charge in [-0.1, -0.05) is 18.2 Å². The van der Waals surface area contributed by atoms with Gasteiger partial charge in [-0.15, -0.1) is 0 Å². The van der Waals surface area contributed by atoms with Gasteiger partial charge >= 0.3 is 5.97 Å². The fourth-order valence-corrected chi connectivity index (χ4v) is 3.96. The molecule has 1 saturated carbocycles. The van der Waals surface area contributed by atoms with Crippen molar-refractivity contribution in [3.63, 3.8) is 0 Å². The van der Waals surface area contributed by atoms with E-state index in [0.717, 1.165) is 42.4 Å². The molecule has 1 amide bonds. The molecule has 2 aromatic carbocycles. The highest BCUT2D eigenvalue weighted by molar-refractivity contribution is 5.96. The molecule has 1 aliphatic rings. The van der Waals surface area contributed by atoms with Crippen LogP contribution < -0.4 is 11.1 Å². The Morgan fingerprint density at radius 1 is 1.03 bits per heavy atom. The average Bonchev–Trinajstić information content (AvgIpc) is 2.81. The zero-order valence-corrected chi connectivity index (χ0v) is 17.9. The van der Waals surface area contributed by atoms with Crippen molar-refractivity contribution in [2.24, 2.45) is 11.7 Å². The van der Waals surface area contributed by atoms with Crippen molar-refractivity contribution < 1.29 is 19.1 Å². The fourth-order valence-electron chi connectivity index (χ4n) is 3.96. The van der Waals surface area contributed by atoms with Gasteiger partial charge in [-0.2, -0.15) is 0 Å². The summed E-state index contributed by atoms with van der Waals surface area (Å²) in [6, 6.07) is 12.7. The van der Waals surface area contributed by atoms with Crippen LogP contribution in [-0.4, -0.2) is 38.0 Å². The summed E-state index contributed by atoms with van der Waals surface area (Å²) in [7, 11) is 3.05. The molecule has 0 aliphatic heterocycles. The second-order valence-electron chi connectivity index (χ2n) is 7.83. The van der Waals surface area contributed by atoms with E-state index in [2.05, 4.69) is 5.32 Å². The maximum Gasteiger partial charge on any atom is 0.337 e. The van der Waals surface area contributed by atoms with Crippen molar-refractivity contribution in [3.05, 3.63) is 59.2 Å². The zero-order chi connectivity index (χ0) is 22.4. The number of carbonyl (C=O) groups is 2. The van der Waals surface area contributed by atoms with Gasteiger partial charge in [-0.05, 0) is 66.6 Å². The Morgan fingerprint density at radius 2 is 1.74 bits per heavy atom. The molecule has 0 atom stereocenters. The molecule has 31 heavy (non-hydrogen) atoms. The maximum absolute atomic E-state index is 12.6. The number of amidine groups is 1. The fraction of sp³-hybridized carbons (Fsp3) is 0.375. The van der Waals surface area contributed by atoms with Gasteiger partial charge in [0, 0.05) is 25.1 Å². The van der Waals surface area contributed by atoms with Crippen LogP contribution in [0.1, 0.15) is 47.2 Å². The van der Waals surface area contributed by atoms with Crippen LogP contribution in [-0.2, 0) is 20.8 Å². The Kier molecular flexibility index (Phi) is 7.41. The average molecular weight is 424 g/mol. The minimum Gasteiger partial charge on any atom is -0.465 e. The maximum atomic E-state index is 12.6. The number of amides is 1. The molecule has 1 aliphatic carbocycles. The Hall–Kier alpha value is -3.19. The predicted molar refractivity (Wildman–Crippen MR) is 119 cm³/mol. The molecule has 7 heteroatoms. The molecule has 1 fully saturated rings. The SMILES string of the molecule is COC(=O)c1cc(CNC(=O)C2CCC(OC)CC2)cc(-c2cccc(C(=N)N)c2)c1. The van der Waals surface area contributed by atoms with Gasteiger partial charge in [0.2, 0.25) is 5.91 Å². The van der Waals surface area contributed by atoms with Gasteiger partial charge in [0.05, 0.1) is 18.8 Å². The molecule has 2 aromatic rings. The number of nitrogen functional groups attached to an aromatic ring is 1.